The SMILES string of the molecule is COC(=O)c1cc(C(=O)O)n2cnnc2n1.Cc1cc(CN)ccc1F. The lowest BCUT2D eigenvalue weighted by Crippen LogP contribution is -2.12. The Bertz CT molecular complexity index is 957. The molecule has 0 saturated heterocycles. The summed E-state index contributed by atoms with van der Waals surface area (Å²) in [6, 6.07) is 6.00. The average molecular weight is 361 g/mol. The fourth-order valence-corrected chi connectivity index (χ4v) is 2.02. The number of rotatable bonds is 3. The van der Waals surface area contributed by atoms with Crippen LogP contribution in [-0.4, -0.2) is 43.7 Å². The molecule has 3 aromatic rings. The molecule has 1 aromatic carbocycles. The predicted molar refractivity (Wildman–Crippen MR) is 88.1 cm³/mol. The van der Waals surface area contributed by atoms with E-state index in [1.54, 1.807) is 19.1 Å². The number of benzene rings is 1. The summed E-state index contributed by atoms with van der Waals surface area (Å²) in [6.45, 7) is 2.20. The number of halogens is 1. The minimum atomic E-state index is -1.21. The molecule has 0 atom stereocenters. The summed E-state index contributed by atoms with van der Waals surface area (Å²) < 4.78 is 18.2. The van der Waals surface area contributed by atoms with Gasteiger partial charge in [-0.15, -0.1) is 10.2 Å². The van der Waals surface area contributed by atoms with Crippen molar-refractivity contribution in [3.8, 4) is 0 Å². The molecule has 9 nitrogen and oxygen atoms in total. The van der Waals surface area contributed by atoms with Crippen LogP contribution in [0.5, 0.6) is 0 Å². The largest absolute Gasteiger partial charge is 0.477 e. The van der Waals surface area contributed by atoms with E-state index < -0.39 is 11.9 Å². The maximum atomic E-state index is 12.6. The van der Waals surface area contributed by atoms with Crippen LogP contribution in [0.4, 0.5) is 4.39 Å². The lowest BCUT2D eigenvalue weighted by Gasteiger charge is -2.02. The van der Waals surface area contributed by atoms with Crippen molar-refractivity contribution < 1.29 is 23.8 Å². The Labute approximate surface area is 147 Å². The number of hydrogen-bond donors (Lipinski definition) is 2. The van der Waals surface area contributed by atoms with Gasteiger partial charge in [-0.25, -0.2) is 19.0 Å². The molecule has 0 saturated carbocycles. The molecule has 3 N–H and O–H groups in total. The van der Waals surface area contributed by atoms with Gasteiger partial charge in [0.05, 0.1) is 7.11 Å². The van der Waals surface area contributed by atoms with Crippen molar-refractivity contribution in [2.75, 3.05) is 7.11 Å². The predicted octanol–water partition coefficient (Wildman–Crippen LogP) is 1.20. The average Bonchev–Trinajstić information content (AvgIpc) is 3.11. The molecule has 0 radical (unpaired) electrons. The van der Waals surface area contributed by atoms with Crippen molar-refractivity contribution in [1.82, 2.24) is 19.6 Å². The fourth-order valence-electron chi connectivity index (χ4n) is 2.02. The molecule has 0 aliphatic rings. The number of esters is 1. The number of aromatic carboxylic acids is 1. The van der Waals surface area contributed by atoms with Crippen molar-refractivity contribution in [2.45, 2.75) is 13.5 Å². The van der Waals surface area contributed by atoms with Crippen molar-refractivity contribution in [1.29, 1.82) is 0 Å². The van der Waals surface area contributed by atoms with Crippen LogP contribution in [0.3, 0.4) is 0 Å². The minimum absolute atomic E-state index is 0.0281. The number of carbonyl (C=O) groups is 2. The van der Waals surface area contributed by atoms with Crippen LogP contribution in [0.25, 0.3) is 5.78 Å². The Morgan fingerprint density at radius 1 is 1.35 bits per heavy atom. The summed E-state index contributed by atoms with van der Waals surface area (Å²) in [5.41, 5.74) is 6.69. The zero-order valence-corrected chi connectivity index (χ0v) is 14.0. The number of methoxy groups -OCH3 is 1. The molecular formula is C16H16FN5O4. The number of hydrogen-bond acceptors (Lipinski definition) is 7. The first-order valence-electron chi connectivity index (χ1n) is 7.34. The van der Waals surface area contributed by atoms with Crippen LogP contribution in [0, 0.1) is 12.7 Å². The lowest BCUT2D eigenvalue weighted by molar-refractivity contribution is 0.0594. The summed E-state index contributed by atoms with van der Waals surface area (Å²) >= 11 is 0. The van der Waals surface area contributed by atoms with Crippen molar-refractivity contribution >= 4 is 17.7 Å². The first-order valence-corrected chi connectivity index (χ1v) is 7.34. The topological polar surface area (TPSA) is 133 Å². The van der Waals surface area contributed by atoms with E-state index in [-0.39, 0.29) is 23.0 Å². The van der Waals surface area contributed by atoms with E-state index in [4.69, 9.17) is 10.8 Å². The normalized spacial score (nSPS) is 10.2. The van der Waals surface area contributed by atoms with E-state index in [2.05, 4.69) is 19.9 Å². The van der Waals surface area contributed by atoms with E-state index in [0.717, 1.165) is 16.0 Å². The summed E-state index contributed by atoms with van der Waals surface area (Å²) in [4.78, 5) is 25.9. The number of carboxylic acid groups (broad SMARTS) is 1. The molecule has 0 amide bonds. The first-order chi connectivity index (χ1) is 12.4. The second kappa shape index (κ2) is 8.12. The highest BCUT2D eigenvalue weighted by atomic mass is 19.1. The molecule has 3 rings (SSSR count). The van der Waals surface area contributed by atoms with Crippen LogP contribution in [0.1, 0.15) is 32.1 Å². The maximum absolute atomic E-state index is 12.6. The number of carboxylic acids is 1. The molecule has 0 unspecified atom stereocenters. The Balaban J connectivity index is 0.000000209. The molecule has 0 fully saturated rings. The van der Waals surface area contributed by atoms with E-state index in [0.29, 0.717) is 12.1 Å². The molecule has 2 heterocycles. The Morgan fingerprint density at radius 2 is 2.08 bits per heavy atom. The number of carbonyl (C=O) groups excluding carboxylic acids is 1. The van der Waals surface area contributed by atoms with Gasteiger partial charge in [-0.2, -0.15) is 0 Å². The van der Waals surface area contributed by atoms with Gasteiger partial charge in [0.1, 0.15) is 17.8 Å². The quantitative estimate of drug-likeness (QED) is 0.665. The molecule has 0 aliphatic heterocycles. The lowest BCUT2D eigenvalue weighted by atomic mass is 10.1. The Morgan fingerprint density at radius 3 is 2.65 bits per heavy atom. The highest BCUT2D eigenvalue weighted by Gasteiger charge is 2.17. The number of nitrogens with zero attached hydrogens (tertiary/aromatic N) is 4. The smallest absolute Gasteiger partial charge is 0.356 e. The summed E-state index contributed by atoms with van der Waals surface area (Å²) in [5, 5.41) is 16.0. The van der Waals surface area contributed by atoms with Crippen molar-refractivity contribution in [2.24, 2.45) is 5.73 Å². The monoisotopic (exact) mass is 361 g/mol. The zero-order chi connectivity index (χ0) is 19.3. The van der Waals surface area contributed by atoms with E-state index in [9.17, 15) is 14.0 Å². The molecule has 10 heteroatoms. The third kappa shape index (κ3) is 4.16. The Kier molecular flexibility index (Phi) is 5.91. The molecule has 0 aliphatic carbocycles. The number of aryl methyl sites for hydroxylation is 1. The van der Waals surface area contributed by atoms with Gasteiger partial charge in [-0.05, 0) is 24.1 Å². The molecule has 0 bridgehead atoms. The number of aromatic nitrogens is 4. The van der Waals surface area contributed by atoms with E-state index in [1.807, 2.05) is 0 Å². The zero-order valence-electron chi connectivity index (χ0n) is 14.0. The maximum Gasteiger partial charge on any atom is 0.356 e. The van der Waals surface area contributed by atoms with Gasteiger partial charge in [0.25, 0.3) is 5.78 Å². The highest BCUT2D eigenvalue weighted by molar-refractivity contribution is 5.92. The summed E-state index contributed by atoms with van der Waals surface area (Å²) in [7, 11) is 1.18. The van der Waals surface area contributed by atoms with Gasteiger partial charge in [0.15, 0.2) is 5.69 Å². The number of ether oxygens (including phenoxy) is 1. The van der Waals surface area contributed by atoms with Crippen LogP contribution < -0.4 is 5.73 Å². The van der Waals surface area contributed by atoms with Gasteiger partial charge >= 0.3 is 11.9 Å². The third-order valence-electron chi connectivity index (χ3n) is 3.35. The second-order valence-electron chi connectivity index (χ2n) is 5.11. The standard InChI is InChI=1S/C8H10FN.C8H6N4O4/c1-6-4-7(5-10)2-3-8(6)9;1-16-7(15)4-2-5(6(13)14)12-3-9-11-8(12)10-4/h2-4H,5,10H2,1H3;2-3H,1H3,(H,13,14). The first kappa shape index (κ1) is 18.9. The van der Waals surface area contributed by atoms with Crippen LogP contribution in [0.2, 0.25) is 0 Å². The van der Waals surface area contributed by atoms with Gasteiger partial charge in [0.2, 0.25) is 0 Å². The minimum Gasteiger partial charge on any atom is -0.477 e. The fraction of sp³-hybridized carbons (Fsp3) is 0.188. The Hall–Kier alpha value is -3.40. The van der Waals surface area contributed by atoms with E-state index >= 15 is 0 Å². The van der Waals surface area contributed by atoms with E-state index in [1.165, 1.54) is 19.5 Å². The van der Waals surface area contributed by atoms with Gasteiger partial charge in [-0.1, -0.05) is 12.1 Å². The van der Waals surface area contributed by atoms with Gasteiger partial charge in [-0.3, -0.25) is 4.40 Å². The van der Waals surface area contributed by atoms with Crippen molar-refractivity contribution in [3.05, 3.63) is 58.9 Å². The van der Waals surface area contributed by atoms with Gasteiger partial charge in [0, 0.05) is 12.6 Å². The third-order valence-corrected chi connectivity index (χ3v) is 3.35. The van der Waals surface area contributed by atoms with Crippen LogP contribution in [0.15, 0.2) is 30.6 Å². The molecule has 136 valence electrons. The van der Waals surface area contributed by atoms with Crippen LogP contribution >= 0.6 is 0 Å². The molecule has 2 aromatic heterocycles. The summed E-state index contributed by atoms with van der Waals surface area (Å²) in [6.07, 6.45) is 1.20. The van der Waals surface area contributed by atoms with Crippen LogP contribution in [-0.2, 0) is 11.3 Å². The van der Waals surface area contributed by atoms with Crippen molar-refractivity contribution in [3.63, 3.8) is 0 Å². The molecule has 26 heavy (non-hydrogen) atoms. The molecular weight excluding hydrogens is 345 g/mol. The summed E-state index contributed by atoms with van der Waals surface area (Å²) in [5.74, 6) is -2.08. The molecule has 0 spiro atoms. The number of fused-ring (bicyclic) bond motifs is 1. The number of nitrogens with two attached hydrogens (primary N) is 1. The second-order valence-corrected chi connectivity index (χ2v) is 5.11. The highest BCUT2D eigenvalue weighted by Crippen LogP contribution is 2.08. The van der Waals surface area contributed by atoms with Gasteiger partial charge < -0.3 is 15.6 Å².